The van der Waals surface area contributed by atoms with E-state index in [1.54, 1.807) is 17.8 Å². The van der Waals surface area contributed by atoms with Crippen LogP contribution in [0.1, 0.15) is 19.4 Å². The van der Waals surface area contributed by atoms with Crippen LogP contribution in [0.15, 0.2) is 23.1 Å². The Labute approximate surface area is 107 Å². The summed E-state index contributed by atoms with van der Waals surface area (Å²) >= 11 is 1.67. The van der Waals surface area contributed by atoms with Gasteiger partial charge in [0, 0.05) is 17.2 Å². The summed E-state index contributed by atoms with van der Waals surface area (Å²) in [6, 6.07) is 4.59. The number of benzene rings is 1. The van der Waals surface area contributed by atoms with Gasteiger partial charge in [-0.25, -0.2) is 4.39 Å². The van der Waals surface area contributed by atoms with Crippen molar-refractivity contribution < 1.29 is 9.50 Å². The molecule has 17 heavy (non-hydrogen) atoms. The van der Waals surface area contributed by atoms with Crippen LogP contribution in [0.3, 0.4) is 0 Å². The van der Waals surface area contributed by atoms with Crippen LogP contribution in [-0.4, -0.2) is 35.4 Å². The van der Waals surface area contributed by atoms with Gasteiger partial charge >= 0.3 is 0 Å². The molecule has 0 saturated heterocycles. The van der Waals surface area contributed by atoms with Crippen LogP contribution in [0.5, 0.6) is 0 Å². The molecule has 0 aliphatic rings. The molecule has 0 heterocycles. The van der Waals surface area contributed by atoms with E-state index in [4.69, 9.17) is 5.11 Å². The summed E-state index contributed by atoms with van der Waals surface area (Å²) in [7, 11) is 0. The number of aliphatic hydroxyl groups excluding tert-OH is 1. The molecule has 1 N–H and O–H groups in total. The lowest BCUT2D eigenvalue weighted by molar-refractivity contribution is 0.278. The number of aliphatic hydroxyl groups is 1. The zero-order valence-corrected chi connectivity index (χ0v) is 11.3. The van der Waals surface area contributed by atoms with Gasteiger partial charge in [-0.1, -0.05) is 13.8 Å². The summed E-state index contributed by atoms with van der Waals surface area (Å²) in [5.41, 5.74) is 0.676. The second kappa shape index (κ2) is 7.69. The quantitative estimate of drug-likeness (QED) is 0.760. The Morgan fingerprint density at radius 3 is 2.59 bits per heavy atom. The first-order valence-electron chi connectivity index (χ1n) is 5.95. The molecular formula is C13H20FNOS. The summed E-state index contributed by atoms with van der Waals surface area (Å²) in [5.74, 6) is 0.669. The van der Waals surface area contributed by atoms with E-state index in [1.165, 1.54) is 12.1 Å². The second-order valence-corrected chi connectivity index (χ2v) is 4.92. The molecule has 0 spiro atoms. The lowest BCUT2D eigenvalue weighted by atomic mass is 10.2. The smallest absolute Gasteiger partial charge is 0.123 e. The van der Waals surface area contributed by atoms with E-state index < -0.39 is 0 Å². The fourth-order valence-corrected chi connectivity index (χ4v) is 2.68. The maximum atomic E-state index is 13.0. The highest BCUT2D eigenvalue weighted by atomic mass is 32.2. The Hall–Kier alpha value is -0.580. The first-order chi connectivity index (χ1) is 8.21. The summed E-state index contributed by atoms with van der Waals surface area (Å²) in [6.45, 7) is 7.29. The molecule has 0 amide bonds. The molecule has 0 bridgehead atoms. The van der Waals surface area contributed by atoms with Crippen molar-refractivity contribution in [2.45, 2.75) is 25.3 Å². The monoisotopic (exact) mass is 257 g/mol. The van der Waals surface area contributed by atoms with Gasteiger partial charge in [-0.05, 0) is 36.9 Å². The normalized spacial score (nSPS) is 11.1. The summed E-state index contributed by atoms with van der Waals surface area (Å²) in [5, 5.41) is 9.15. The number of rotatable bonds is 7. The van der Waals surface area contributed by atoms with Crippen LogP contribution < -0.4 is 0 Å². The molecular weight excluding hydrogens is 237 g/mol. The predicted octanol–water partition coefficient (Wildman–Crippen LogP) is 2.75. The van der Waals surface area contributed by atoms with Gasteiger partial charge in [0.25, 0.3) is 0 Å². The van der Waals surface area contributed by atoms with E-state index in [0.717, 1.165) is 30.3 Å². The first-order valence-corrected chi connectivity index (χ1v) is 6.94. The number of hydrogen-bond donors (Lipinski definition) is 1. The van der Waals surface area contributed by atoms with Crippen LogP contribution >= 0.6 is 11.8 Å². The number of nitrogens with zero attached hydrogens (tertiary/aromatic N) is 1. The Balaban J connectivity index is 2.51. The van der Waals surface area contributed by atoms with Crippen molar-refractivity contribution in [1.82, 2.24) is 4.90 Å². The first kappa shape index (κ1) is 14.5. The zero-order chi connectivity index (χ0) is 12.7. The standard InChI is InChI=1S/C13H20FNOS/c1-3-15(4-2)7-8-17-13-6-5-12(14)9-11(13)10-16/h5-6,9,16H,3-4,7-8,10H2,1-2H3. The molecule has 0 aliphatic heterocycles. The molecule has 0 fully saturated rings. The molecule has 2 nitrogen and oxygen atoms in total. The maximum Gasteiger partial charge on any atom is 0.123 e. The largest absolute Gasteiger partial charge is 0.392 e. The Morgan fingerprint density at radius 1 is 1.29 bits per heavy atom. The molecule has 1 aromatic rings. The van der Waals surface area contributed by atoms with Crippen molar-refractivity contribution in [3.8, 4) is 0 Å². The van der Waals surface area contributed by atoms with Gasteiger partial charge < -0.3 is 10.0 Å². The molecule has 0 unspecified atom stereocenters. The van der Waals surface area contributed by atoms with Crippen molar-refractivity contribution in [3.05, 3.63) is 29.6 Å². The summed E-state index contributed by atoms with van der Waals surface area (Å²) in [4.78, 5) is 3.32. The third kappa shape index (κ3) is 4.66. The molecule has 4 heteroatoms. The van der Waals surface area contributed by atoms with Crippen LogP contribution in [-0.2, 0) is 6.61 Å². The fraction of sp³-hybridized carbons (Fsp3) is 0.538. The van der Waals surface area contributed by atoms with Crippen LogP contribution in [0.2, 0.25) is 0 Å². The van der Waals surface area contributed by atoms with E-state index in [1.807, 2.05) is 0 Å². The molecule has 0 atom stereocenters. The lowest BCUT2D eigenvalue weighted by Crippen LogP contribution is -2.25. The van der Waals surface area contributed by atoms with Gasteiger partial charge in [0.1, 0.15) is 5.82 Å². The highest BCUT2D eigenvalue weighted by Gasteiger charge is 2.05. The van der Waals surface area contributed by atoms with Crippen LogP contribution in [0.4, 0.5) is 4.39 Å². The van der Waals surface area contributed by atoms with Crippen molar-refractivity contribution in [2.75, 3.05) is 25.4 Å². The predicted molar refractivity (Wildman–Crippen MR) is 70.8 cm³/mol. The van der Waals surface area contributed by atoms with Crippen LogP contribution in [0, 0.1) is 5.82 Å². The van der Waals surface area contributed by atoms with Crippen molar-refractivity contribution in [3.63, 3.8) is 0 Å². The minimum atomic E-state index is -0.290. The minimum Gasteiger partial charge on any atom is -0.392 e. The molecule has 0 radical (unpaired) electrons. The van der Waals surface area contributed by atoms with Crippen molar-refractivity contribution in [2.24, 2.45) is 0 Å². The Bertz CT molecular complexity index is 342. The molecule has 0 aliphatic carbocycles. The van der Waals surface area contributed by atoms with Gasteiger partial charge in [0.2, 0.25) is 0 Å². The number of thioether (sulfide) groups is 1. The van der Waals surface area contributed by atoms with Crippen molar-refractivity contribution in [1.29, 1.82) is 0 Å². The zero-order valence-electron chi connectivity index (χ0n) is 10.4. The number of hydrogen-bond acceptors (Lipinski definition) is 3. The van der Waals surface area contributed by atoms with E-state index in [2.05, 4.69) is 18.7 Å². The van der Waals surface area contributed by atoms with E-state index in [9.17, 15) is 4.39 Å². The molecule has 1 aromatic carbocycles. The number of halogens is 1. The third-order valence-corrected chi connectivity index (χ3v) is 3.85. The highest BCUT2D eigenvalue weighted by Crippen LogP contribution is 2.23. The molecule has 96 valence electrons. The highest BCUT2D eigenvalue weighted by molar-refractivity contribution is 7.99. The third-order valence-electron chi connectivity index (χ3n) is 2.75. The van der Waals surface area contributed by atoms with Crippen LogP contribution in [0.25, 0.3) is 0 Å². The van der Waals surface area contributed by atoms with E-state index >= 15 is 0 Å². The summed E-state index contributed by atoms with van der Waals surface area (Å²) in [6.07, 6.45) is 0. The molecule has 0 aromatic heterocycles. The average molecular weight is 257 g/mol. The SMILES string of the molecule is CCN(CC)CCSc1ccc(F)cc1CO. The fourth-order valence-electron chi connectivity index (χ4n) is 1.64. The minimum absolute atomic E-state index is 0.106. The van der Waals surface area contributed by atoms with Gasteiger partial charge in [-0.15, -0.1) is 11.8 Å². The average Bonchev–Trinajstić information content (AvgIpc) is 2.36. The molecule has 1 rings (SSSR count). The van der Waals surface area contributed by atoms with E-state index in [0.29, 0.717) is 5.56 Å². The van der Waals surface area contributed by atoms with Crippen molar-refractivity contribution >= 4 is 11.8 Å². The summed E-state index contributed by atoms with van der Waals surface area (Å²) < 4.78 is 13.0. The Kier molecular flexibility index (Phi) is 6.55. The van der Waals surface area contributed by atoms with Gasteiger partial charge in [0.05, 0.1) is 6.61 Å². The second-order valence-electron chi connectivity index (χ2n) is 3.79. The Morgan fingerprint density at radius 2 is 2.00 bits per heavy atom. The van der Waals surface area contributed by atoms with Gasteiger partial charge in [0.15, 0.2) is 0 Å². The van der Waals surface area contributed by atoms with E-state index in [-0.39, 0.29) is 12.4 Å². The topological polar surface area (TPSA) is 23.5 Å². The van der Waals surface area contributed by atoms with Gasteiger partial charge in [-0.3, -0.25) is 0 Å². The maximum absolute atomic E-state index is 13.0. The lowest BCUT2D eigenvalue weighted by Gasteiger charge is -2.17. The molecule has 0 saturated carbocycles. The van der Waals surface area contributed by atoms with Gasteiger partial charge in [-0.2, -0.15) is 0 Å².